The molecular formula is C17H14FN3. The van der Waals surface area contributed by atoms with Crippen molar-refractivity contribution in [2.75, 3.05) is 0 Å². The number of aromatic nitrogens is 3. The Morgan fingerprint density at radius 3 is 2.67 bits per heavy atom. The minimum absolute atomic E-state index is 0.754. The highest BCUT2D eigenvalue weighted by Gasteiger charge is 2.16. The third-order valence-corrected chi connectivity index (χ3v) is 3.31. The fraction of sp³-hybridized carbons (Fsp3) is 0.176. The smallest absolute Gasteiger partial charge is 0.158 e. The predicted molar refractivity (Wildman–Crippen MR) is 81.4 cm³/mol. The molecule has 0 spiro atoms. The van der Waals surface area contributed by atoms with Crippen LogP contribution in [-0.4, -0.2) is 20.7 Å². The summed E-state index contributed by atoms with van der Waals surface area (Å²) >= 11 is 0. The van der Waals surface area contributed by atoms with Gasteiger partial charge in [-0.25, -0.2) is 4.39 Å². The third kappa shape index (κ3) is 2.38. The summed E-state index contributed by atoms with van der Waals surface area (Å²) in [4.78, 5) is 8.44. The Bertz CT molecular complexity index is 839. The summed E-state index contributed by atoms with van der Waals surface area (Å²) in [6.45, 7) is 1.43. The Morgan fingerprint density at radius 1 is 1.19 bits per heavy atom. The second kappa shape index (κ2) is 5.37. The number of halogens is 1. The molecule has 3 nitrogen and oxygen atoms in total. The molecule has 0 aliphatic rings. The van der Waals surface area contributed by atoms with Crippen LogP contribution in [0.15, 0.2) is 42.9 Å². The van der Waals surface area contributed by atoms with Crippen molar-refractivity contribution in [3.63, 3.8) is 0 Å². The first-order valence-corrected chi connectivity index (χ1v) is 6.68. The molecule has 4 heteroatoms. The molecule has 0 amide bonds. The molecular weight excluding hydrogens is 265 g/mol. The molecule has 21 heavy (non-hydrogen) atoms. The lowest BCUT2D eigenvalue weighted by atomic mass is 10.1. The van der Waals surface area contributed by atoms with E-state index in [1.165, 1.54) is 6.92 Å². The van der Waals surface area contributed by atoms with Gasteiger partial charge in [-0.05, 0) is 31.2 Å². The van der Waals surface area contributed by atoms with Crippen molar-refractivity contribution in [2.45, 2.75) is 13.1 Å². The zero-order chi connectivity index (χ0) is 14.8. The van der Waals surface area contributed by atoms with Crippen LogP contribution in [0.4, 0.5) is 4.39 Å². The molecule has 0 saturated carbocycles. The summed E-state index contributed by atoms with van der Waals surface area (Å²) in [5.41, 5.74) is 4.43. The van der Waals surface area contributed by atoms with Gasteiger partial charge in [0.05, 0.1) is 16.8 Å². The quantitative estimate of drug-likeness (QED) is 0.640. The first-order chi connectivity index (χ1) is 10.2. The molecule has 0 fully saturated rings. The minimum atomic E-state index is -1.17. The van der Waals surface area contributed by atoms with Crippen molar-refractivity contribution >= 4 is 11.0 Å². The van der Waals surface area contributed by atoms with E-state index in [0.717, 1.165) is 27.9 Å². The van der Waals surface area contributed by atoms with E-state index >= 15 is 0 Å². The molecule has 0 aliphatic heterocycles. The molecule has 0 aliphatic carbocycles. The highest BCUT2D eigenvalue weighted by molar-refractivity contribution is 5.91. The summed E-state index contributed by atoms with van der Waals surface area (Å²) < 4.78 is 15.1. The van der Waals surface area contributed by atoms with Gasteiger partial charge in [-0.15, -0.1) is 0 Å². The third-order valence-electron chi connectivity index (χ3n) is 3.31. The van der Waals surface area contributed by atoms with E-state index in [0.29, 0.717) is 0 Å². The second-order valence-corrected chi connectivity index (χ2v) is 4.77. The van der Waals surface area contributed by atoms with Crippen LogP contribution in [-0.2, 0) is 7.05 Å². The summed E-state index contributed by atoms with van der Waals surface area (Å²) in [5.74, 6) is 5.54. The molecule has 3 heterocycles. The van der Waals surface area contributed by atoms with Crippen LogP contribution in [0, 0.1) is 11.8 Å². The van der Waals surface area contributed by atoms with Crippen LogP contribution in [0.25, 0.3) is 22.3 Å². The van der Waals surface area contributed by atoms with Crippen molar-refractivity contribution < 1.29 is 4.39 Å². The summed E-state index contributed by atoms with van der Waals surface area (Å²) in [7, 11) is 1.96. The zero-order valence-corrected chi connectivity index (χ0v) is 11.8. The number of fused-ring (bicyclic) bond motifs is 1. The monoisotopic (exact) mass is 279 g/mol. The lowest BCUT2D eigenvalue weighted by Gasteiger charge is -2.04. The van der Waals surface area contributed by atoms with E-state index in [9.17, 15) is 4.39 Å². The van der Waals surface area contributed by atoms with Crippen molar-refractivity contribution in [3.8, 4) is 23.1 Å². The highest BCUT2D eigenvalue weighted by atomic mass is 19.1. The fourth-order valence-corrected chi connectivity index (χ4v) is 2.40. The van der Waals surface area contributed by atoms with Gasteiger partial charge >= 0.3 is 0 Å². The molecule has 0 radical (unpaired) electrons. The van der Waals surface area contributed by atoms with Gasteiger partial charge in [0.15, 0.2) is 6.17 Å². The number of alkyl halides is 1. The number of rotatable bonds is 1. The Balaban J connectivity index is 2.35. The summed E-state index contributed by atoms with van der Waals surface area (Å²) in [6.07, 6.45) is 4.02. The van der Waals surface area contributed by atoms with E-state index in [4.69, 9.17) is 0 Å². The van der Waals surface area contributed by atoms with Crippen molar-refractivity contribution in [2.24, 2.45) is 7.05 Å². The zero-order valence-electron chi connectivity index (χ0n) is 11.8. The maximum atomic E-state index is 13.1. The average Bonchev–Trinajstić information content (AvgIpc) is 2.79. The van der Waals surface area contributed by atoms with Crippen LogP contribution in [0.3, 0.4) is 0 Å². The van der Waals surface area contributed by atoms with Crippen LogP contribution < -0.4 is 0 Å². The lowest BCUT2D eigenvalue weighted by Crippen LogP contribution is -1.93. The van der Waals surface area contributed by atoms with Gasteiger partial charge in [-0.2, -0.15) is 0 Å². The maximum Gasteiger partial charge on any atom is 0.158 e. The SMILES string of the molecule is CC(F)C#Cc1c(-c2ccncc2)n(C)c2cccnc12. The van der Waals surface area contributed by atoms with Crippen LogP contribution in [0.2, 0.25) is 0 Å². The Labute approximate surface area is 122 Å². The molecule has 1 atom stereocenters. The normalized spacial score (nSPS) is 12.0. The van der Waals surface area contributed by atoms with E-state index in [-0.39, 0.29) is 0 Å². The first-order valence-electron chi connectivity index (χ1n) is 6.68. The first kappa shape index (κ1) is 13.3. The number of nitrogens with zero attached hydrogens (tertiary/aromatic N) is 3. The molecule has 0 saturated heterocycles. The van der Waals surface area contributed by atoms with Crippen LogP contribution in [0.1, 0.15) is 12.5 Å². The Kier molecular flexibility index (Phi) is 3.41. The lowest BCUT2D eigenvalue weighted by molar-refractivity contribution is 0.443. The van der Waals surface area contributed by atoms with Crippen LogP contribution >= 0.6 is 0 Å². The predicted octanol–water partition coefficient (Wildman–Crippen LogP) is 3.34. The standard InChI is InChI=1S/C17H14FN3/c1-12(18)5-6-14-16-15(4-3-9-20-16)21(2)17(14)13-7-10-19-11-8-13/h3-4,7-12H,1-2H3. The van der Waals surface area contributed by atoms with Gasteiger partial charge in [0.1, 0.15) is 5.52 Å². The molecule has 3 rings (SSSR count). The van der Waals surface area contributed by atoms with Gasteiger partial charge in [0.25, 0.3) is 0 Å². The molecule has 104 valence electrons. The van der Waals surface area contributed by atoms with E-state index in [2.05, 4.69) is 21.8 Å². The van der Waals surface area contributed by atoms with Crippen LogP contribution in [0.5, 0.6) is 0 Å². The summed E-state index contributed by atoms with van der Waals surface area (Å²) in [6, 6.07) is 7.70. The maximum absolute atomic E-state index is 13.1. The number of hydrogen-bond acceptors (Lipinski definition) is 2. The Morgan fingerprint density at radius 2 is 1.95 bits per heavy atom. The Hall–Kier alpha value is -2.67. The van der Waals surface area contributed by atoms with E-state index in [1.54, 1.807) is 18.6 Å². The molecule has 0 bridgehead atoms. The number of aryl methyl sites for hydroxylation is 1. The van der Waals surface area contributed by atoms with Crippen molar-refractivity contribution in [3.05, 3.63) is 48.4 Å². The van der Waals surface area contributed by atoms with Gasteiger partial charge in [0, 0.05) is 31.2 Å². The second-order valence-electron chi connectivity index (χ2n) is 4.77. The highest BCUT2D eigenvalue weighted by Crippen LogP contribution is 2.30. The molecule has 0 aromatic carbocycles. The average molecular weight is 279 g/mol. The van der Waals surface area contributed by atoms with E-state index < -0.39 is 6.17 Å². The fourth-order valence-electron chi connectivity index (χ4n) is 2.40. The molecule has 3 aromatic heterocycles. The van der Waals surface area contributed by atoms with Gasteiger partial charge < -0.3 is 4.57 Å². The van der Waals surface area contributed by atoms with Crippen molar-refractivity contribution in [1.82, 2.24) is 14.5 Å². The topological polar surface area (TPSA) is 30.7 Å². The molecule has 1 unspecified atom stereocenters. The molecule has 0 N–H and O–H groups in total. The van der Waals surface area contributed by atoms with E-state index in [1.807, 2.05) is 35.9 Å². The van der Waals surface area contributed by atoms with Gasteiger partial charge in [0.2, 0.25) is 0 Å². The number of hydrogen-bond donors (Lipinski definition) is 0. The van der Waals surface area contributed by atoms with Gasteiger partial charge in [-0.1, -0.05) is 11.8 Å². The minimum Gasteiger partial charge on any atom is -0.341 e. The van der Waals surface area contributed by atoms with Crippen molar-refractivity contribution in [1.29, 1.82) is 0 Å². The largest absolute Gasteiger partial charge is 0.341 e. The van der Waals surface area contributed by atoms with Gasteiger partial charge in [-0.3, -0.25) is 9.97 Å². The molecule has 3 aromatic rings. The number of pyridine rings is 2. The summed E-state index contributed by atoms with van der Waals surface area (Å²) in [5, 5.41) is 0.